The van der Waals surface area contributed by atoms with Crippen LogP contribution in [0, 0.1) is 3.70 Å². The van der Waals surface area contributed by atoms with E-state index in [1.807, 2.05) is 39.0 Å². The standard InChI is InChI=1S/C12H14IN3O2/c1-12(2,3)18-11(17)15-8-4-5-10(13)16-9(8)6-7-14-16/h4-7H,1-3H3,(H,15,17). The third-order valence-electron chi connectivity index (χ3n) is 2.14. The number of rotatable bonds is 1. The van der Waals surface area contributed by atoms with E-state index in [1.165, 1.54) is 0 Å². The van der Waals surface area contributed by atoms with Crippen LogP contribution in [0.5, 0.6) is 0 Å². The van der Waals surface area contributed by atoms with E-state index in [0.29, 0.717) is 5.69 Å². The van der Waals surface area contributed by atoms with Crippen LogP contribution in [0.4, 0.5) is 10.5 Å². The molecule has 0 saturated heterocycles. The number of aromatic nitrogens is 2. The number of halogens is 1. The highest BCUT2D eigenvalue weighted by Crippen LogP contribution is 2.20. The van der Waals surface area contributed by atoms with E-state index in [4.69, 9.17) is 4.74 Å². The maximum atomic E-state index is 11.7. The van der Waals surface area contributed by atoms with Gasteiger partial charge in [0.1, 0.15) is 9.30 Å². The van der Waals surface area contributed by atoms with Crippen LogP contribution in [0.15, 0.2) is 24.4 Å². The molecule has 0 aliphatic heterocycles. The van der Waals surface area contributed by atoms with Crippen molar-refractivity contribution >= 4 is 39.9 Å². The molecular formula is C12H14IN3O2. The molecule has 1 N–H and O–H groups in total. The van der Waals surface area contributed by atoms with Crippen LogP contribution in [0.25, 0.3) is 5.52 Å². The van der Waals surface area contributed by atoms with Gasteiger partial charge in [-0.05, 0) is 61.6 Å². The summed E-state index contributed by atoms with van der Waals surface area (Å²) in [6.07, 6.45) is 1.23. The van der Waals surface area contributed by atoms with E-state index in [9.17, 15) is 4.79 Å². The minimum absolute atomic E-state index is 0.466. The summed E-state index contributed by atoms with van der Waals surface area (Å²) in [5.41, 5.74) is 1.01. The van der Waals surface area contributed by atoms with Crippen molar-refractivity contribution in [1.82, 2.24) is 9.61 Å². The molecule has 0 bridgehead atoms. The molecule has 0 spiro atoms. The van der Waals surface area contributed by atoms with Crippen molar-refractivity contribution in [3.05, 3.63) is 28.1 Å². The molecule has 0 fully saturated rings. The third kappa shape index (κ3) is 2.92. The average molecular weight is 359 g/mol. The highest BCUT2D eigenvalue weighted by Gasteiger charge is 2.17. The summed E-state index contributed by atoms with van der Waals surface area (Å²) in [5, 5.41) is 6.91. The number of hydrogen-bond acceptors (Lipinski definition) is 3. The molecule has 96 valence electrons. The minimum Gasteiger partial charge on any atom is -0.444 e. The number of nitrogens with zero attached hydrogens (tertiary/aromatic N) is 2. The topological polar surface area (TPSA) is 55.6 Å². The molecule has 1 amide bonds. The van der Waals surface area contributed by atoms with E-state index in [-0.39, 0.29) is 0 Å². The first-order chi connectivity index (χ1) is 8.37. The summed E-state index contributed by atoms with van der Waals surface area (Å²) in [6, 6.07) is 5.56. The number of carbonyl (C=O) groups is 1. The maximum absolute atomic E-state index is 11.7. The summed E-state index contributed by atoms with van der Waals surface area (Å²) in [5.74, 6) is 0. The normalized spacial score (nSPS) is 11.6. The summed E-state index contributed by atoms with van der Waals surface area (Å²) >= 11 is 2.18. The molecule has 0 aliphatic carbocycles. The van der Waals surface area contributed by atoms with Gasteiger partial charge in [0.25, 0.3) is 0 Å². The number of amides is 1. The Labute approximate surface area is 119 Å². The second-order valence-corrected chi connectivity index (χ2v) is 5.93. The maximum Gasteiger partial charge on any atom is 0.412 e. The monoisotopic (exact) mass is 359 g/mol. The number of fused-ring (bicyclic) bond motifs is 1. The largest absolute Gasteiger partial charge is 0.444 e. The SMILES string of the molecule is CC(C)(C)OC(=O)Nc1ccc(I)n2nccc12. The Morgan fingerprint density at radius 3 is 2.78 bits per heavy atom. The van der Waals surface area contributed by atoms with Gasteiger partial charge in [0.05, 0.1) is 17.4 Å². The number of anilines is 1. The summed E-state index contributed by atoms with van der Waals surface area (Å²) in [6.45, 7) is 5.48. The Kier molecular flexibility index (Phi) is 3.47. The number of hydrogen-bond donors (Lipinski definition) is 1. The molecule has 0 saturated carbocycles. The zero-order valence-corrected chi connectivity index (χ0v) is 12.6. The average Bonchev–Trinajstić information content (AvgIpc) is 2.69. The highest BCUT2D eigenvalue weighted by atomic mass is 127. The number of ether oxygens (including phenoxy) is 1. The van der Waals surface area contributed by atoms with Crippen molar-refractivity contribution in [3.8, 4) is 0 Å². The van der Waals surface area contributed by atoms with Crippen molar-refractivity contribution in [2.45, 2.75) is 26.4 Å². The Bertz CT molecular complexity index is 587. The molecule has 2 rings (SSSR count). The fourth-order valence-corrected chi connectivity index (χ4v) is 2.07. The zero-order chi connectivity index (χ0) is 13.3. The van der Waals surface area contributed by atoms with E-state index in [2.05, 4.69) is 33.0 Å². The van der Waals surface area contributed by atoms with E-state index >= 15 is 0 Å². The molecule has 5 nitrogen and oxygen atoms in total. The van der Waals surface area contributed by atoms with Gasteiger partial charge in [-0.25, -0.2) is 9.31 Å². The Balaban J connectivity index is 2.25. The fourth-order valence-electron chi connectivity index (χ4n) is 1.50. The Morgan fingerprint density at radius 1 is 1.39 bits per heavy atom. The van der Waals surface area contributed by atoms with Crippen LogP contribution in [0.3, 0.4) is 0 Å². The van der Waals surface area contributed by atoms with Gasteiger partial charge in [-0.15, -0.1) is 0 Å². The van der Waals surface area contributed by atoms with Crippen molar-refractivity contribution in [1.29, 1.82) is 0 Å². The van der Waals surface area contributed by atoms with Crippen molar-refractivity contribution in [3.63, 3.8) is 0 Å². The summed E-state index contributed by atoms with van der Waals surface area (Å²) < 4.78 is 7.95. The predicted octanol–water partition coefficient (Wildman–Crippen LogP) is 3.29. The van der Waals surface area contributed by atoms with Crippen LogP contribution in [-0.4, -0.2) is 21.3 Å². The van der Waals surface area contributed by atoms with Gasteiger partial charge < -0.3 is 4.74 Å². The van der Waals surface area contributed by atoms with Crippen molar-refractivity contribution in [2.75, 3.05) is 5.32 Å². The third-order valence-corrected chi connectivity index (χ3v) is 2.96. The molecule has 2 aromatic heterocycles. The molecule has 2 heterocycles. The van der Waals surface area contributed by atoms with Crippen LogP contribution in [0.1, 0.15) is 20.8 Å². The lowest BCUT2D eigenvalue weighted by Crippen LogP contribution is -2.27. The van der Waals surface area contributed by atoms with E-state index in [0.717, 1.165) is 9.22 Å². The molecular weight excluding hydrogens is 345 g/mol. The van der Waals surface area contributed by atoms with E-state index < -0.39 is 11.7 Å². The summed E-state index contributed by atoms with van der Waals surface area (Å²) in [4.78, 5) is 11.7. The van der Waals surface area contributed by atoms with Crippen LogP contribution in [-0.2, 0) is 4.74 Å². The summed E-state index contributed by atoms with van der Waals surface area (Å²) in [7, 11) is 0. The smallest absolute Gasteiger partial charge is 0.412 e. The van der Waals surface area contributed by atoms with Crippen LogP contribution < -0.4 is 5.32 Å². The zero-order valence-electron chi connectivity index (χ0n) is 10.4. The van der Waals surface area contributed by atoms with Gasteiger partial charge in [-0.2, -0.15) is 5.10 Å². The second kappa shape index (κ2) is 4.75. The Morgan fingerprint density at radius 2 is 2.11 bits per heavy atom. The van der Waals surface area contributed by atoms with Crippen molar-refractivity contribution in [2.24, 2.45) is 0 Å². The lowest BCUT2D eigenvalue weighted by Gasteiger charge is -2.19. The van der Waals surface area contributed by atoms with Gasteiger partial charge in [0.2, 0.25) is 0 Å². The van der Waals surface area contributed by atoms with Crippen molar-refractivity contribution < 1.29 is 9.53 Å². The molecule has 0 aromatic carbocycles. The molecule has 6 heteroatoms. The van der Waals surface area contributed by atoms with Gasteiger partial charge in [-0.1, -0.05) is 0 Å². The fraction of sp³-hybridized carbons (Fsp3) is 0.333. The number of pyridine rings is 1. The number of nitrogens with one attached hydrogen (secondary N) is 1. The first kappa shape index (κ1) is 13.1. The Hall–Kier alpha value is -1.31. The first-order valence-electron chi connectivity index (χ1n) is 5.49. The molecule has 0 radical (unpaired) electrons. The molecule has 18 heavy (non-hydrogen) atoms. The lowest BCUT2D eigenvalue weighted by molar-refractivity contribution is 0.0636. The van der Waals surface area contributed by atoms with Crippen LogP contribution >= 0.6 is 22.6 Å². The predicted molar refractivity (Wildman–Crippen MR) is 77.8 cm³/mol. The molecule has 0 atom stereocenters. The number of carbonyl (C=O) groups excluding carboxylic acids is 1. The van der Waals surface area contributed by atoms with Gasteiger partial charge in [-0.3, -0.25) is 5.32 Å². The highest BCUT2D eigenvalue weighted by molar-refractivity contribution is 14.1. The second-order valence-electron chi connectivity index (χ2n) is 4.82. The van der Waals surface area contributed by atoms with Gasteiger partial charge in [0.15, 0.2) is 0 Å². The van der Waals surface area contributed by atoms with E-state index in [1.54, 1.807) is 10.7 Å². The first-order valence-corrected chi connectivity index (χ1v) is 6.57. The molecule has 0 aliphatic rings. The van der Waals surface area contributed by atoms with Gasteiger partial charge >= 0.3 is 6.09 Å². The molecule has 2 aromatic rings. The minimum atomic E-state index is -0.510. The van der Waals surface area contributed by atoms with Gasteiger partial charge in [0, 0.05) is 0 Å². The molecule has 0 unspecified atom stereocenters. The quantitative estimate of drug-likeness (QED) is 0.628. The lowest BCUT2D eigenvalue weighted by atomic mass is 10.2. The van der Waals surface area contributed by atoms with Crippen LogP contribution in [0.2, 0.25) is 0 Å².